The van der Waals surface area contributed by atoms with Crippen molar-refractivity contribution in [2.45, 2.75) is 39.2 Å². The van der Waals surface area contributed by atoms with Gasteiger partial charge >= 0.3 is 0 Å². The third-order valence-electron chi connectivity index (χ3n) is 5.62. The van der Waals surface area contributed by atoms with E-state index >= 15 is 0 Å². The molecule has 0 amide bonds. The summed E-state index contributed by atoms with van der Waals surface area (Å²) in [6.45, 7) is 7.19. The van der Waals surface area contributed by atoms with Crippen LogP contribution in [0.2, 0.25) is 0 Å². The molecular formula is C24H27N3O. The van der Waals surface area contributed by atoms with Crippen molar-refractivity contribution in [1.82, 2.24) is 14.9 Å². The fraction of sp³-hybridized carbons (Fsp3) is 0.333. The van der Waals surface area contributed by atoms with E-state index in [1.807, 2.05) is 13.0 Å². The van der Waals surface area contributed by atoms with Gasteiger partial charge in [-0.15, -0.1) is 0 Å². The van der Waals surface area contributed by atoms with Gasteiger partial charge in [-0.2, -0.15) is 0 Å². The number of aromatic nitrogens is 2. The molecule has 0 radical (unpaired) electrons. The molecule has 4 heteroatoms. The van der Waals surface area contributed by atoms with Gasteiger partial charge in [0.1, 0.15) is 5.82 Å². The molecule has 2 heterocycles. The number of aryl methyl sites for hydroxylation is 2. The summed E-state index contributed by atoms with van der Waals surface area (Å²) in [5, 5.41) is 0. The molecule has 0 aliphatic carbocycles. The summed E-state index contributed by atoms with van der Waals surface area (Å²) in [6.07, 6.45) is 2.49. The van der Waals surface area contributed by atoms with E-state index in [0.29, 0.717) is 11.7 Å². The Balaban J connectivity index is 1.51. The molecule has 2 aromatic carbocycles. The molecule has 4 nitrogen and oxygen atoms in total. The highest BCUT2D eigenvalue weighted by Gasteiger charge is 2.22. The smallest absolute Gasteiger partial charge is 0.251 e. The molecule has 4 rings (SSSR count). The van der Waals surface area contributed by atoms with Crippen molar-refractivity contribution in [2.75, 3.05) is 13.1 Å². The Morgan fingerprint density at radius 3 is 2.79 bits per heavy atom. The molecule has 0 saturated carbocycles. The van der Waals surface area contributed by atoms with Gasteiger partial charge in [0.2, 0.25) is 0 Å². The number of hydrogen-bond acceptors (Lipinski definition) is 3. The van der Waals surface area contributed by atoms with E-state index < -0.39 is 0 Å². The van der Waals surface area contributed by atoms with Crippen LogP contribution in [0.25, 0.3) is 11.3 Å². The summed E-state index contributed by atoms with van der Waals surface area (Å²) in [6, 6.07) is 18.8. The fourth-order valence-corrected chi connectivity index (χ4v) is 4.31. The number of benzene rings is 2. The van der Waals surface area contributed by atoms with Crippen molar-refractivity contribution in [3.8, 4) is 11.3 Å². The molecule has 3 aromatic rings. The van der Waals surface area contributed by atoms with Crippen LogP contribution in [-0.2, 0) is 6.54 Å². The van der Waals surface area contributed by atoms with Crippen molar-refractivity contribution in [1.29, 1.82) is 0 Å². The van der Waals surface area contributed by atoms with Crippen LogP contribution < -0.4 is 5.56 Å². The summed E-state index contributed by atoms with van der Waals surface area (Å²) < 4.78 is 0. The Labute approximate surface area is 166 Å². The van der Waals surface area contributed by atoms with Crippen LogP contribution in [0.15, 0.2) is 59.4 Å². The van der Waals surface area contributed by atoms with Crippen LogP contribution in [0, 0.1) is 13.8 Å². The van der Waals surface area contributed by atoms with Gasteiger partial charge in [-0.05, 0) is 61.9 Å². The lowest BCUT2D eigenvalue weighted by Gasteiger charge is -2.33. The van der Waals surface area contributed by atoms with Gasteiger partial charge in [0, 0.05) is 24.7 Å². The predicted molar refractivity (Wildman–Crippen MR) is 113 cm³/mol. The first-order valence-corrected chi connectivity index (χ1v) is 10.0. The Morgan fingerprint density at radius 2 is 1.96 bits per heavy atom. The highest BCUT2D eigenvalue weighted by atomic mass is 16.1. The van der Waals surface area contributed by atoms with Gasteiger partial charge in [-0.3, -0.25) is 9.69 Å². The molecule has 1 N–H and O–H groups in total. The minimum atomic E-state index is -0.106. The Kier molecular flexibility index (Phi) is 5.40. The first kappa shape index (κ1) is 18.6. The van der Waals surface area contributed by atoms with E-state index in [1.165, 1.54) is 29.5 Å². The summed E-state index contributed by atoms with van der Waals surface area (Å²) in [4.78, 5) is 21.5. The Morgan fingerprint density at radius 1 is 1.11 bits per heavy atom. The number of likely N-dealkylation sites (tertiary alicyclic amines) is 1. The maximum absolute atomic E-state index is 11.8. The summed E-state index contributed by atoms with van der Waals surface area (Å²) in [5.41, 5.74) is 5.78. The second kappa shape index (κ2) is 8.11. The number of rotatable bonds is 4. The Bertz CT molecular complexity index is 1020. The van der Waals surface area contributed by atoms with E-state index in [0.717, 1.165) is 30.9 Å². The van der Waals surface area contributed by atoms with Crippen LogP contribution in [-0.4, -0.2) is 28.0 Å². The topological polar surface area (TPSA) is 49.0 Å². The van der Waals surface area contributed by atoms with Crippen LogP contribution in [0.3, 0.4) is 0 Å². The van der Waals surface area contributed by atoms with E-state index in [1.54, 1.807) is 6.07 Å². The third-order valence-corrected chi connectivity index (χ3v) is 5.62. The number of hydrogen-bond donors (Lipinski definition) is 1. The monoisotopic (exact) mass is 373 g/mol. The van der Waals surface area contributed by atoms with Crippen molar-refractivity contribution in [2.24, 2.45) is 0 Å². The van der Waals surface area contributed by atoms with E-state index in [4.69, 9.17) is 0 Å². The molecule has 1 unspecified atom stereocenters. The number of aromatic amines is 1. The minimum Gasteiger partial charge on any atom is -0.311 e. The normalized spacial score (nSPS) is 17.6. The quantitative estimate of drug-likeness (QED) is 0.736. The van der Waals surface area contributed by atoms with Crippen molar-refractivity contribution in [3.05, 3.63) is 87.5 Å². The summed E-state index contributed by atoms with van der Waals surface area (Å²) in [5.74, 6) is 1.25. The SMILES string of the molecule is Cc1nc(-c2cccc(CN3CCCC(c4ccccc4C)C3)c2)cc(=O)[nH]1. The van der Waals surface area contributed by atoms with Crippen LogP contribution in [0.1, 0.15) is 41.3 Å². The van der Waals surface area contributed by atoms with Gasteiger partial charge < -0.3 is 4.98 Å². The maximum atomic E-state index is 11.8. The number of nitrogens with zero attached hydrogens (tertiary/aromatic N) is 2. The summed E-state index contributed by atoms with van der Waals surface area (Å²) in [7, 11) is 0. The Hall–Kier alpha value is -2.72. The molecule has 144 valence electrons. The highest BCUT2D eigenvalue weighted by molar-refractivity contribution is 5.59. The van der Waals surface area contributed by atoms with Crippen molar-refractivity contribution < 1.29 is 0 Å². The largest absolute Gasteiger partial charge is 0.311 e. The van der Waals surface area contributed by atoms with E-state index in [2.05, 4.69) is 64.3 Å². The number of nitrogens with one attached hydrogen (secondary N) is 1. The van der Waals surface area contributed by atoms with E-state index in [9.17, 15) is 4.79 Å². The van der Waals surface area contributed by atoms with Crippen LogP contribution in [0.4, 0.5) is 0 Å². The second-order valence-corrected chi connectivity index (χ2v) is 7.85. The maximum Gasteiger partial charge on any atom is 0.251 e. The standard InChI is InChI=1S/C24H27N3O/c1-17-7-3-4-11-22(17)21-10-6-12-27(16-21)15-19-8-5-9-20(13-19)23-14-24(28)26-18(2)25-23/h3-5,7-9,11,13-14,21H,6,10,12,15-16H2,1-2H3,(H,25,26,28). The molecule has 1 saturated heterocycles. The van der Waals surface area contributed by atoms with Gasteiger partial charge in [0.25, 0.3) is 5.56 Å². The van der Waals surface area contributed by atoms with Gasteiger partial charge in [0.15, 0.2) is 0 Å². The molecule has 1 fully saturated rings. The second-order valence-electron chi connectivity index (χ2n) is 7.85. The van der Waals surface area contributed by atoms with Gasteiger partial charge in [0.05, 0.1) is 5.69 Å². The summed E-state index contributed by atoms with van der Waals surface area (Å²) >= 11 is 0. The first-order chi connectivity index (χ1) is 13.6. The lowest BCUT2D eigenvalue weighted by molar-refractivity contribution is 0.200. The minimum absolute atomic E-state index is 0.106. The lowest BCUT2D eigenvalue weighted by Crippen LogP contribution is -2.34. The van der Waals surface area contributed by atoms with Crippen molar-refractivity contribution in [3.63, 3.8) is 0 Å². The lowest BCUT2D eigenvalue weighted by atomic mass is 9.88. The molecule has 1 aliphatic rings. The highest BCUT2D eigenvalue weighted by Crippen LogP contribution is 2.30. The molecule has 0 spiro atoms. The van der Waals surface area contributed by atoms with Crippen molar-refractivity contribution >= 4 is 0 Å². The zero-order chi connectivity index (χ0) is 19.5. The fourth-order valence-electron chi connectivity index (χ4n) is 4.31. The van der Waals surface area contributed by atoms with Crippen LogP contribution in [0.5, 0.6) is 0 Å². The molecular weight excluding hydrogens is 346 g/mol. The first-order valence-electron chi connectivity index (χ1n) is 10.0. The van der Waals surface area contributed by atoms with Crippen LogP contribution >= 0.6 is 0 Å². The zero-order valence-electron chi connectivity index (χ0n) is 16.6. The zero-order valence-corrected chi connectivity index (χ0v) is 16.6. The molecule has 28 heavy (non-hydrogen) atoms. The van der Waals surface area contributed by atoms with Gasteiger partial charge in [-0.25, -0.2) is 4.98 Å². The molecule has 1 atom stereocenters. The molecule has 1 aliphatic heterocycles. The van der Waals surface area contributed by atoms with Gasteiger partial charge in [-0.1, -0.05) is 42.5 Å². The number of H-pyrrole nitrogens is 1. The van der Waals surface area contributed by atoms with E-state index in [-0.39, 0.29) is 5.56 Å². The molecule has 0 bridgehead atoms. The average Bonchev–Trinajstić information content (AvgIpc) is 2.68. The molecule has 1 aromatic heterocycles. The predicted octanol–water partition coefficient (Wildman–Crippen LogP) is 4.43. The number of piperidine rings is 1. The average molecular weight is 374 g/mol. The third kappa shape index (κ3) is 4.23.